The molecule has 0 unspecified atom stereocenters. The average Bonchev–Trinajstić information content (AvgIpc) is 2.91. The Kier molecular flexibility index (Phi) is 6.08. The predicted molar refractivity (Wildman–Crippen MR) is 110 cm³/mol. The fourth-order valence-electron chi connectivity index (χ4n) is 2.56. The molecule has 10 heteroatoms. The lowest BCUT2D eigenvalue weighted by molar-refractivity contribution is -0.139. The number of esters is 1. The van der Waals surface area contributed by atoms with Gasteiger partial charge in [-0.25, -0.2) is 4.79 Å². The van der Waals surface area contributed by atoms with Crippen molar-refractivity contribution in [2.45, 2.75) is 20.5 Å². The van der Waals surface area contributed by atoms with Crippen molar-refractivity contribution in [1.82, 2.24) is 24.7 Å². The number of para-hydroxylation sites is 1. The van der Waals surface area contributed by atoms with Gasteiger partial charge in [-0.15, -0.1) is 0 Å². The first-order chi connectivity index (χ1) is 13.8. The van der Waals surface area contributed by atoms with Gasteiger partial charge < -0.3 is 15.8 Å². The first-order valence-electron chi connectivity index (χ1n) is 8.70. The van der Waals surface area contributed by atoms with E-state index in [1.807, 2.05) is 31.2 Å². The standard InChI is InChI=1S/C19H20ClN7O2/c1-11-6-4-5-7-14(11)22-19-24-15(23-18(21)25-19)10-29-16(28)9-8-13-12(2)26-27(3)17(13)20/h4-9H,10H2,1-3H3,(H3,21,22,23,24,25)/b9-8+. The van der Waals surface area contributed by atoms with E-state index in [9.17, 15) is 4.79 Å². The van der Waals surface area contributed by atoms with E-state index in [0.717, 1.165) is 11.3 Å². The van der Waals surface area contributed by atoms with Crippen LogP contribution in [0.25, 0.3) is 6.08 Å². The van der Waals surface area contributed by atoms with E-state index in [0.29, 0.717) is 16.4 Å². The van der Waals surface area contributed by atoms with Crippen molar-refractivity contribution in [2.24, 2.45) is 7.05 Å². The van der Waals surface area contributed by atoms with E-state index >= 15 is 0 Å². The van der Waals surface area contributed by atoms with Crippen LogP contribution in [-0.4, -0.2) is 30.7 Å². The van der Waals surface area contributed by atoms with Crippen LogP contribution in [0.4, 0.5) is 17.6 Å². The van der Waals surface area contributed by atoms with Gasteiger partial charge in [0, 0.05) is 24.4 Å². The van der Waals surface area contributed by atoms with Gasteiger partial charge in [-0.3, -0.25) is 4.68 Å². The van der Waals surface area contributed by atoms with E-state index in [2.05, 4.69) is 25.4 Å². The number of nitrogens with one attached hydrogen (secondary N) is 1. The van der Waals surface area contributed by atoms with Crippen LogP contribution in [0, 0.1) is 13.8 Å². The summed E-state index contributed by atoms with van der Waals surface area (Å²) in [6, 6.07) is 7.68. The fourth-order valence-corrected chi connectivity index (χ4v) is 2.80. The monoisotopic (exact) mass is 413 g/mol. The molecule has 0 saturated heterocycles. The molecule has 3 rings (SSSR count). The number of halogens is 1. The number of rotatable bonds is 6. The number of nitrogens with zero attached hydrogens (tertiary/aromatic N) is 5. The molecule has 0 fully saturated rings. The largest absolute Gasteiger partial charge is 0.454 e. The van der Waals surface area contributed by atoms with Crippen molar-refractivity contribution in [2.75, 3.05) is 11.1 Å². The number of anilines is 3. The zero-order valence-electron chi connectivity index (χ0n) is 16.2. The lowest BCUT2D eigenvalue weighted by Gasteiger charge is -2.09. The maximum atomic E-state index is 12.0. The highest BCUT2D eigenvalue weighted by Gasteiger charge is 2.10. The first kappa shape index (κ1) is 20.3. The van der Waals surface area contributed by atoms with E-state index in [4.69, 9.17) is 22.1 Å². The van der Waals surface area contributed by atoms with Gasteiger partial charge in [-0.2, -0.15) is 20.1 Å². The van der Waals surface area contributed by atoms with Crippen LogP contribution in [0.5, 0.6) is 0 Å². The Morgan fingerprint density at radius 3 is 2.72 bits per heavy atom. The summed E-state index contributed by atoms with van der Waals surface area (Å²) in [6.45, 7) is 3.60. The molecule has 0 amide bonds. The summed E-state index contributed by atoms with van der Waals surface area (Å²) in [7, 11) is 1.72. The normalized spacial score (nSPS) is 11.0. The van der Waals surface area contributed by atoms with E-state index in [1.54, 1.807) is 20.0 Å². The van der Waals surface area contributed by atoms with Gasteiger partial charge in [0.1, 0.15) is 5.15 Å². The molecule has 2 heterocycles. The minimum Gasteiger partial charge on any atom is -0.454 e. The number of hydrogen-bond acceptors (Lipinski definition) is 8. The molecule has 0 bridgehead atoms. The summed E-state index contributed by atoms with van der Waals surface area (Å²) in [5.74, 6) is -0.0516. The third-order valence-electron chi connectivity index (χ3n) is 4.02. The molecular formula is C19H20ClN7O2. The molecule has 0 radical (unpaired) electrons. The van der Waals surface area contributed by atoms with Crippen molar-refractivity contribution >= 4 is 41.2 Å². The molecule has 0 saturated carbocycles. The Morgan fingerprint density at radius 2 is 2.03 bits per heavy atom. The fraction of sp³-hybridized carbons (Fsp3) is 0.211. The number of aromatic nitrogens is 5. The second-order valence-corrected chi connectivity index (χ2v) is 6.59. The summed E-state index contributed by atoms with van der Waals surface area (Å²) in [5.41, 5.74) is 8.97. The Labute approximate surface area is 172 Å². The number of ether oxygens (including phenoxy) is 1. The Balaban J connectivity index is 1.66. The molecular weight excluding hydrogens is 394 g/mol. The third-order valence-corrected chi connectivity index (χ3v) is 4.46. The number of benzene rings is 1. The maximum absolute atomic E-state index is 12.0. The van der Waals surface area contributed by atoms with Crippen molar-refractivity contribution in [3.63, 3.8) is 0 Å². The highest BCUT2D eigenvalue weighted by atomic mass is 35.5. The van der Waals surface area contributed by atoms with Gasteiger partial charge in [0.05, 0.1) is 5.69 Å². The summed E-state index contributed by atoms with van der Waals surface area (Å²) in [5, 5.41) is 7.69. The highest BCUT2D eigenvalue weighted by Crippen LogP contribution is 2.20. The number of carbonyl (C=O) groups excluding carboxylic acids is 1. The summed E-state index contributed by atoms with van der Waals surface area (Å²) in [6.07, 6.45) is 2.83. The van der Waals surface area contributed by atoms with Crippen molar-refractivity contribution in [1.29, 1.82) is 0 Å². The van der Waals surface area contributed by atoms with Gasteiger partial charge in [-0.05, 0) is 31.6 Å². The van der Waals surface area contributed by atoms with Gasteiger partial charge in [0.2, 0.25) is 11.9 Å². The number of nitrogen functional groups attached to an aromatic ring is 1. The van der Waals surface area contributed by atoms with Crippen molar-refractivity contribution in [3.05, 3.63) is 58.1 Å². The third kappa shape index (κ3) is 5.08. The van der Waals surface area contributed by atoms with Gasteiger partial charge in [0.15, 0.2) is 12.4 Å². The van der Waals surface area contributed by atoms with E-state index in [-0.39, 0.29) is 24.3 Å². The lowest BCUT2D eigenvalue weighted by atomic mass is 10.2. The molecule has 0 atom stereocenters. The molecule has 150 valence electrons. The van der Waals surface area contributed by atoms with Crippen LogP contribution in [0.1, 0.15) is 22.6 Å². The average molecular weight is 414 g/mol. The number of carbonyl (C=O) groups is 1. The molecule has 0 aliphatic carbocycles. The van der Waals surface area contributed by atoms with Gasteiger partial charge in [-0.1, -0.05) is 29.8 Å². The minimum atomic E-state index is -0.572. The van der Waals surface area contributed by atoms with Crippen LogP contribution in [0.15, 0.2) is 30.3 Å². The number of nitrogens with two attached hydrogens (primary N) is 1. The Morgan fingerprint density at radius 1 is 1.28 bits per heavy atom. The van der Waals surface area contributed by atoms with E-state index < -0.39 is 5.97 Å². The SMILES string of the molecule is Cc1ccccc1Nc1nc(N)nc(COC(=O)/C=C/c2c(C)nn(C)c2Cl)n1. The molecule has 0 aliphatic rings. The topological polar surface area (TPSA) is 121 Å². The minimum absolute atomic E-state index is 0.0236. The van der Waals surface area contributed by atoms with Crippen molar-refractivity contribution < 1.29 is 9.53 Å². The molecule has 0 aliphatic heterocycles. The molecule has 29 heavy (non-hydrogen) atoms. The smallest absolute Gasteiger partial charge is 0.331 e. The lowest BCUT2D eigenvalue weighted by Crippen LogP contribution is -2.10. The highest BCUT2D eigenvalue weighted by molar-refractivity contribution is 6.31. The predicted octanol–water partition coefficient (Wildman–Crippen LogP) is 2.96. The molecule has 1 aromatic carbocycles. The molecule has 0 spiro atoms. The van der Waals surface area contributed by atoms with Gasteiger partial charge >= 0.3 is 5.97 Å². The molecule has 2 aromatic heterocycles. The van der Waals surface area contributed by atoms with Crippen LogP contribution < -0.4 is 11.1 Å². The second kappa shape index (κ2) is 8.70. The molecule has 3 N–H and O–H groups in total. The summed E-state index contributed by atoms with van der Waals surface area (Å²) in [4.78, 5) is 24.3. The second-order valence-electron chi connectivity index (χ2n) is 6.23. The van der Waals surface area contributed by atoms with Crippen LogP contribution in [0.2, 0.25) is 5.15 Å². The first-order valence-corrected chi connectivity index (χ1v) is 9.08. The van der Waals surface area contributed by atoms with Gasteiger partial charge in [0.25, 0.3) is 0 Å². The molecule has 9 nitrogen and oxygen atoms in total. The molecule has 3 aromatic rings. The van der Waals surface area contributed by atoms with E-state index in [1.165, 1.54) is 10.8 Å². The summed E-state index contributed by atoms with van der Waals surface area (Å²) < 4.78 is 6.71. The quantitative estimate of drug-likeness (QED) is 0.467. The zero-order chi connectivity index (χ0) is 21.0. The van der Waals surface area contributed by atoms with Crippen molar-refractivity contribution in [3.8, 4) is 0 Å². The zero-order valence-corrected chi connectivity index (χ0v) is 16.9. The number of hydrogen-bond donors (Lipinski definition) is 2. The Bertz CT molecular complexity index is 1080. The van der Waals surface area contributed by atoms with Crippen LogP contribution in [0.3, 0.4) is 0 Å². The Hall–Kier alpha value is -3.46. The number of aryl methyl sites for hydroxylation is 3. The summed E-state index contributed by atoms with van der Waals surface area (Å²) >= 11 is 6.13. The van der Waals surface area contributed by atoms with Crippen LogP contribution in [-0.2, 0) is 23.2 Å². The maximum Gasteiger partial charge on any atom is 0.331 e. The van der Waals surface area contributed by atoms with Crippen LogP contribution >= 0.6 is 11.6 Å².